The largest absolute Gasteiger partial charge is 0.337 e. The number of hydrogen-bond acceptors (Lipinski definition) is 6. The van der Waals surface area contributed by atoms with Crippen molar-refractivity contribution >= 4 is 0 Å². The molecule has 0 N–H and O–H groups in total. The van der Waals surface area contributed by atoms with Gasteiger partial charge in [-0.2, -0.15) is 4.98 Å². The summed E-state index contributed by atoms with van der Waals surface area (Å²) in [5.74, 6) is 0.425. The maximum absolute atomic E-state index is 12.7. The number of allylic oxidation sites excluding steroid dienone is 2. The Morgan fingerprint density at radius 3 is 2.00 bits per heavy atom. The summed E-state index contributed by atoms with van der Waals surface area (Å²) in [7, 11) is 0. The van der Waals surface area contributed by atoms with E-state index >= 15 is 0 Å². The summed E-state index contributed by atoms with van der Waals surface area (Å²) in [5, 5.41) is 3.92. The van der Waals surface area contributed by atoms with Crippen LogP contribution in [0.4, 0.5) is 0 Å². The summed E-state index contributed by atoms with van der Waals surface area (Å²) in [4.78, 5) is 42.0. The highest BCUT2D eigenvalue weighted by molar-refractivity contribution is 5.54. The minimum absolute atomic E-state index is 0.0338. The summed E-state index contributed by atoms with van der Waals surface area (Å²) in [6.45, 7) is 8.82. The maximum atomic E-state index is 12.7. The summed E-state index contributed by atoms with van der Waals surface area (Å²) < 4.78 is 7.93. The van der Waals surface area contributed by atoms with Gasteiger partial charge in [0.05, 0.1) is 13.1 Å². The van der Waals surface area contributed by atoms with Gasteiger partial charge in [-0.15, -0.1) is 13.2 Å². The number of aryl methyl sites for hydroxylation is 1. The number of rotatable bonds is 8. The normalized spacial score (nSPS) is 10.8. The first kappa shape index (κ1) is 20.0. The quantitative estimate of drug-likeness (QED) is 0.531. The Kier molecular flexibility index (Phi) is 5.87. The molecule has 2 aromatic heterocycles. The second kappa shape index (κ2) is 8.51. The summed E-state index contributed by atoms with van der Waals surface area (Å²) in [6, 6.07) is 7.69. The monoisotopic (exact) mass is 395 g/mol. The first-order chi connectivity index (χ1) is 14.0. The number of aromatic nitrogens is 5. The van der Waals surface area contributed by atoms with Gasteiger partial charge in [-0.05, 0) is 12.0 Å². The molecule has 0 unspecified atom stereocenters. The van der Waals surface area contributed by atoms with E-state index in [4.69, 9.17) is 4.52 Å². The van der Waals surface area contributed by atoms with Gasteiger partial charge in [0.25, 0.3) is 0 Å². The Hall–Kier alpha value is -3.75. The Bertz CT molecular complexity index is 1160. The predicted molar refractivity (Wildman–Crippen MR) is 108 cm³/mol. The molecule has 0 atom stereocenters. The zero-order chi connectivity index (χ0) is 21.0. The second-order valence-corrected chi connectivity index (χ2v) is 6.29. The molecule has 0 aliphatic heterocycles. The van der Waals surface area contributed by atoms with Crippen molar-refractivity contribution in [3.05, 3.63) is 92.5 Å². The number of benzene rings is 1. The molecule has 3 rings (SSSR count). The van der Waals surface area contributed by atoms with Gasteiger partial charge in [0.1, 0.15) is 6.54 Å². The van der Waals surface area contributed by atoms with Crippen LogP contribution in [0.25, 0.3) is 11.4 Å². The first-order valence-electron chi connectivity index (χ1n) is 9.08. The molecular weight excluding hydrogens is 374 g/mol. The highest BCUT2D eigenvalue weighted by Gasteiger charge is 2.17. The molecule has 0 spiro atoms. The topological polar surface area (TPSA) is 105 Å². The molecule has 0 radical (unpaired) electrons. The molecule has 0 fully saturated rings. The van der Waals surface area contributed by atoms with Crippen molar-refractivity contribution in [3.8, 4) is 11.4 Å². The zero-order valence-corrected chi connectivity index (χ0v) is 16.1. The highest BCUT2D eigenvalue weighted by atomic mass is 16.5. The lowest BCUT2D eigenvalue weighted by Crippen LogP contribution is -2.54. The molecule has 3 aromatic rings. The molecule has 0 bridgehead atoms. The van der Waals surface area contributed by atoms with E-state index < -0.39 is 17.1 Å². The third-order valence-corrected chi connectivity index (χ3v) is 4.39. The smallest absolute Gasteiger partial charge is 0.337 e. The fourth-order valence-electron chi connectivity index (χ4n) is 2.85. The Labute approximate surface area is 165 Å². The van der Waals surface area contributed by atoms with Crippen LogP contribution in [0.5, 0.6) is 0 Å². The Morgan fingerprint density at radius 2 is 1.48 bits per heavy atom. The van der Waals surface area contributed by atoms with Crippen LogP contribution >= 0.6 is 0 Å². The van der Waals surface area contributed by atoms with Crippen LogP contribution in [-0.2, 0) is 26.1 Å². The second-order valence-electron chi connectivity index (χ2n) is 6.29. The maximum Gasteiger partial charge on any atom is 0.337 e. The van der Waals surface area contributed by atoms with E-state index in [0.29, 0.717) is 5.82 Å². The van der Waals surface area contributed by atoms with Gasteiger partial charge in [0.15, 0.2) is 0 Å². The molecule has 2 heterocycles. The van der Waals surface area contributed by atoms with E-state index in [1.165, 1.54) is 17.7 Å². The standard InChI is InChI=1S/C20H21N5O4/c1-4-11-23-18(26)24(12-5-2)20(28)25(19(23)27)13-16-21-17(22-29-16)15-9-7-14(6-3)8-10-15/h4-5,7-10H,1-2,6,11-13H2,3H3. The van der Waals surface area contributed by atoms with E-state index in [9.17, 15) is 14.4 Å². The lowest BCUT2D eigenvalue weighted by atomic mass is 10.1. The van der Waals surface area contributed by atoms with Gasteiger partial charge in [-0.3, -0.25) is 0 Å². The number of nitrogens with zero attached hydrogens (tertiary/aromatic N) is 5. The third kappa shape index (κ3) is 3.93. The van der Waals surface area contributed by atoms with Crippen LogP contribution in [0, 0.1) is 0 Å². The van der Waals surface area contributed by atoms with Crippen molar-refractivity contribution in [2.45, 2.75) is 33.0 Å². The number of hydrogen-bond donors (Lipinski definition) is 0. The van der Waals surface area contributed by atoms with Crippen LogP contribution in [-0.4, -0.2) is 23.8 Å². The average Bonchev–Trinajstić information content (AvgIpc) is 3.20. The van der Waals surface area contributed by atoms with Crippen LogP contribution in [0.1, 0.15) is 18.4 Å². The first-order valence-corrected chi connectivity index (χ1v) is 9.08. The summed E-state index contributed by atoms with van der Waals surface area (Å²) in [6.07, 6.45) is 3.72. The summed E-state index contributed by atoms with van der Waals surface area (Å²) >= 11 is 0. The van der Waals surface area contributed by atoms with E-state index in [1.54, 1.807) is 0 Å². The minimum Gasteiger partial charge on any atom is -0.337 e. The van der Waals surface area contributed by atoms with Gasteiger partial charge in [-0.1, -0.05) is 48.5 Å². The molecule has 0 aliphatic rings. The summed E-state index contributed by atoms with van der Waals surface area (Å²) in [5.41, 5.74) is -0.334. The fraction of sp³-hybridized carbons (Fsp3) is 0.250. The van der Waals surface area contributed by atoms with Crippen molar-refractivity contribution in [2.75, 3.05) is 0 Å². The van der Waals surface area contributed by atoms with E-state index in [2.05, 4.69) is 30.2 Å². The molecule has 0 aliphatic carbocycles. The van der Waals surface area contributed by atoms with Gasteiger partial charge in [0.2, 0.25) is 11.7 Å². The fourth-order valence-corrected chi connectivity index (χ4v) is 2.85. The predicted octanol–water partition coefficient (Wildman–Crippen LogP) is 1.20. The van der Waals surface area contributed by atoms with Crippen LogP contribution < -0.4 is 17.1 Å². The van der Waals surface area contributed by atoms with Crippen LogP contribution in [0.2, 0.25) is 0 Å². The van der Waals surface area contributed by atoms with Crippen molar-refractivity contribution in [1.29, 1.82) is 0 Å². The van der Waals surface area contributed by atoms with Crippen molar-refractivity contribution < 1.29 is 4.52 Å². The van der Waals surface area contributed by atoms with Crippen molar-refractivity contribution in [1.82, 2.24) is 23.8 Å². The molecule has 9 heteroatoms. The van der Waals surface area contributed by atoms with E-state index in [0.717, 1.165) is 25.7 Å². The van der Waals surface area contributed by atoms with Crippen LogP contribution in [0.3, 0.4) is 0 Å². The minimum atomic E-state index is -0.771. The third-order valence-electron chi connectivity index (χ3n) is 4.39. The van der Waals surface area contributed by atoms with E-state index in [1.807, 2.05) is 24.3 Å². The molecular formula is C20H21N5O4. The Morgan fingerprint density at radius 1 is 0.931 bits per heavy atom. The van der Waals surface area contributed by atoms with Gasteiger partial charge >= 0.3 is 17.1 Å². The zero-order valence-electron chi connectivity index (χ0n) is 16.1. The average molecular weight is 395 g/mol. The van der Waals surface area contributed by atoms with Gasteiger partial charge < -0.3 is 4.52 Å². The lowest BCUT2D eigenvalue weighted by Gasteiger charge is -2.10. The molecule has 0 saturated heterocycles. The molecule has 1 aromatic carbocycles. The lowest BCUT2D eigenvalue weighted by molar-refractivity contribution is 0.360. The molecule has 9 nitrogen and oxygen atoms in total. The molecule has 150 valence electrons. The van der Waals surface area contributed by atoms with Gasteiger partial charge in [0, 0.05) is 5.56 Å². The van der Waals surface area contributed by atoms with Crippen molar-refractivity contribution in [2.24, 2.45) is 0 Å². The molecule has 0 amide bonds. The van der Waals surface area contributed by atoms with Gasteiger partial charge in [-0.25, -0.2) is 28.1 Å². The molecule has 29 heavy (non-hydrogen) atoms. The SMILES string of the molecule is C=CCn1c(=O)n(CC=C)c(=O)n(Cc2nc(-c3ccc(CC)cc3)no2)c1=O. The highest BCUT2D eigenvalue weighted by Crippen LogP contribution is 2.16. The van der Waals surface area contributed by atoms with E-state index in [-0.39, 0.29) is 25.5 Å². The van der Waals surface area contributed by atoms with Crippen molar-refractivity contribution in [3.63, 3.8) is 0 Å². The molecule has 0 saturated carbocycles. The Balaban J connectivity index is 2.02. The van der Waals surface area contributed by atoms with Crippen LogP contribution in [0.15, 0.2) is 68.5 Å².